The number of thiophene rings is 1. The van der Waals surface area contributed by atoms with E-state index in [0.717, 1.165) is 28.8 Å². The van der Waals surface area contributed by atoms with Crippen LogP contribution in [0.2, 0.25) is 0 Å². The summed E-state index contributed by atoms with van der Waals surface area (Å²) in [4.78, 5) is 38.1. The summed E-state index contributed by atoms with van der Waals surface area (Å²) in [5, 5.41) is 7.51. The number of carbonyl (C=O) groups is 2. The van der Waals surface area contributed by atoms with Crippen LogP contribution in [0.3, 0.4) is 0 Å². The van der Waals surface area contributed by atoms with Crippen LogP contribution in [-0.4, -0.2) is 75.3 Å². The Bertz CT molecular complexity index is 2090. The largest absolute Gasteiger partial charge is 0.490 e. The van der Waals surface area contributed by atoms with Crippen LogP contribution in [0.25, 0.3) is 43.9 Å². The van der Waals surface area contributed by atoms with Gasteiger partial charge >= 0.3 is 0 Å². The van der Waals surface area contributed by atoms with Crippen LogP contribution in [0.15, 0.2) is 54.6 Å². The fourth-order valence-corrected chi connectivity index (χ4v) is 7.25. The zero-order chi connectivity index (χ0) is 33.0. The number of aromatic nitrogens is 4. The molecule has 0 radical (unpaired) electrons. The minimum atomic E-state index is -0.816. The molecule has 13 heteroatoms. The van der Waals surface area contributed by atoms with E-state index in [0.29, 0.717) is 58.2 Å². The third-order valence-electron chi connectivity index (χ3n) is 8.58. The SMILES string of the molecule is C=CC(=O)N1CCn2nc(-c3nc(-c4cnc5c(c4)CN(C)C5=O)c4ccsc4c3-c3c(F)cc(F)cc3OCCOC)cc2C1C. The van der Waals surface area contributed by atoms with E-state index in [2.05, 4.69) is 11.6 Å². The average Bonchev–Trinajstić information content (AvgIpc) is 3.78. The third kappa shape index (κ3) is 5.15. The van der Waals surface area contributed by atoms with Crippen LogP contribution in [0.5, 0.6) is 5.75 Å². The molecule has 0 saturated heterocycles. The number of pyridine rings is 2. The maximum absolute atomic E-state index is 16.1. The molecule has 2 aliphatic rings. The fraction of sp³-hybridized carbons (Fsp3) is 0.265. The molecule has 4 aromatic heterocycles. The topological polar surface area (TPSA) is 103 Å². The standard InChI is InChI=1S/C34H30F2N6O4S/c1-5-27(43)41-7-8-42-25(18(41)2)15-24(39-42)32-29(28-23(36)13-21(35)14-26(28)46-10-9-45-4)33-22(6-11-47-33)30(38-32)19-12-20-17-40(3)34(44)31(20)37-16-19/h5-6,11-16,18H,1,7-10,17H2,2-4H3. The molecule has 1 aromatic carbocycles. The summed E-state index contributed by atoms with van der Waals surface area (Å²) in [7, 11) is 3.24. The van der Waals surface area contributed by atoms with E-state index in [9.17, 15) is 14.0 Å². The highest BCUT2D eigenvalue weighted by molar-refractivity contribution is 7.18. The average molecular weight is 657 g/mol. The molecule has 6 heterocycles. The van der Waals surface area contributed by atoms with Crippen molar-refractivity contribution in [1.82, 2.24) is 29.5 Å². The highest BCUT2D eigenvalue weighted by atomic mass is 32.1. The zero-order valence-corrected chi connectivity index (χ0v) is 26.7. The van der Waals surface area contributed by atoms with Crippen molar-refractivity contribution in [2.75, 3.05) is 33.9 Å². The van der Waals surface area contributed by atoms with Gasteiger partial charge in [-0.3, -0.25) is 19.3 Å². The van der Waals surface area contributed by atoms with Crippen LogP contribution in [0, 0.1) is 11.6 Å². The Hall–Kier alpha value is -5.01. The molecule has 0 saturated carbocycles. The van der Waals surface area contributed by atoms with Gasteiger partial charge in [0.15, 0.2) is 0 Å². The van der Waals surface area contributed by atoms with Gasteiger partial charge in [-0.15, -0.1) is 11.3 Å². The van der Waals surface area contributed by atoms with E-state index in [1.165, 1.54) is 24.5 Å². The Kier molecular flexibility index (Phi) is 7.80. The predicted molar refractivity (Wildman–Crippen MR) is 173 cm³/mol. The van der Waals surface area contributed by atoms with Gasteiger partial charge in [0.2, 0.25) is 5.91 Å². The molecule has 1 unspecified atom stereocenters. The van der Waals surface area contributed by atoms with Crippen LogP contribution < -0.4 is 4.74 Å². The molecule has 2 aliphatic heterocycles. The Labute approximate surface area is 272 Å². The number of fused-ring (bicyclic) bond motifs is 3. The van der Waals surface area contributed by atoms with Crippen molar-refractivity contribution in [2.24, 2.45) is 0 Å². The van der Waals surface area contributed by atoms with E-state index < -0.39 is 11.6 Å². The number of benzene rings is 1. The van der Waals surface area contributed by atoms with Gasteiger partial charge in [0, 0.05) is 72.4 Å². The number of rotatable bonds is 8. The van der Waals surface area contributed by atoms with Crippen molar-refractivity contribution in [1.29, 1.82) is 0 Å². The van der Waals surface area contributed by atoms with Crippen molar-refractivity contribution in [2.45, 2.75) is 26.1 Å². The van der Waals surface area contributed by atoms with Gasteiger partial charge in [-0.2, -0.15) is 5.10 Å². The maximum atomic E-state index is 16.1. The molecule has 2 amide bonds. The summed E-state index contributed by atoms with van der Waals surface area (Å²) < 4.78 is 44.2. The summed E-state index contributed by atoms with van der Waals surface area (Å²) in [6.07, 6.45) is 2.91. The molecule has 10 nitrogen and oxygen atoms in total. The van der Waals surface area contributed by atoms with Gasteiger partial charge < -0.3 is 19.3 Å². The van der Waals surface area contributed by atoms with Crippen molar-refractivity contribution >= 4 is 33.2 Å². The second-order valence-corrected chi connectivity index (χ2v) is 12.3. The number of amides is 2. The van der Waals surface area contributed by atoms with Crippen molar-refractivity contribution in [3.63, 3.8) is 0 Å². The maximum Gasteiger partial charge on any atom is 0.272 e. The van der Waals surface area contributed by atoms with Crippen molar-refractivity contribution in [3.05, 3.63) is 83.1 Å². The molecule has 0 fully saturated rings. The quantitative estimate of drug-likeness (QED) is 0.152. The first-order valence-electron chi connectivity index (χ1n) is 15.0. The number of ether oxygens (including phenoxy) is 2. The van der Waals surface area contributed by atoms with Crippen molar-refractivity contribution in [3.8, 4) is 39.5 Å². The molecule has 0 spiro atoms. The first kappa shape index (κ1) is 30.6. The monoisotopic (exact) mass is 656 g/mol. The van der Waals surface area contributed by atoms with E-state index in [1.54, 1.807) is 23.0 Å². The lowest BCUT2D eigenvalue weighted by molar-refractivity contribution is -0.129. The van der Waals surface area contributed by atoms with Gasteiger partial charge in [-0.25, -0.2) is 13.8 Å². The molecule has 1 atom stereocenters. The van der Waals surface area contributed by atoms with E-state index in [4.69, 9.17) is 19.6 Å². The van der Waals surface area contributed by atoms with Crippen LogP contribution in [0.1, 0.15) is 34.7 Å². The molecule has 240 valence electrons. The number of hydrogen-bond donors (Lipinski definition) is 0. The summed E-state index contributed by atoms with van der Waals surface area (Å²) in [6.45, 7) is 7.12. The summed E-state index contributed by atoms with van der Waals surface area (Å²) in [5.41, 5.74) is 4.45. The smallest absolute Gasteiger partial charge is 0.272 e. The Morgan fingerprint density at radius 1 is 1.13 bits per heavy atom. The summed E-state index contributed by atoms with van der Waals surface area (Å²) >= 11 is 1.38. The molecule has 5 aromatic rings. The van der Waals surface area contributed by atoms with E-state index in [1.807, 2.05) is 35.2 Å². The molecule has 0 aliphatic carbocycles. The Morgan fingerprint density at radius 3 is 2.74 bits per heavy atom. The van der Waals surface area contributed by atoms with Crippen LogP contribution in [0.4, 0.5) is 8.78 Å². The second kappa shape index (κ2) is 12.0. The normalized spacial score (nSPS) is 15.7. The third-order valence-corrected chi connectivity index (χ3v) is 9.51. The zero-order valence-electron chi connectivity index (χ0n) is 25.9. The predicted octanol–water partition coefficient (Wildman–Crippen LogP) is 5.87. The number of carbonyl (C=O) groups excluding carboxylic acids is 2. The lowest BCUT2D eigenvalue weighted by Gasteiger charge is -2.33. The summed E-state index contributed by atoms with van der Waals surface area (Å²) in [5.74, 6) is -1.93. The second-order valence-electron chi connectivity index (χ2n) is 11.4. The number of methoxy groups -OCH3 is 1. The van der Waals surface area contributed by atoms with Crippen LogP contribution in [-0.2, 0) is 22.6 Å². The lowest BCUT2D eigenvalue weighted by Crippen LogP contribution is -2.40. The van der Waals surface area contributed by atoms with Crippen molar-refractivity contribution < 1.29 is 27.8 Å². The molecule has 47 heavy (non-hydrogen) atoms. The van der Waals surface area contributed by atoms with Gasteiger partial charge in [0.25, 0.3) is 5.91 Å². The Morgan fingerprint density at radius 2 is 1.96 bits per heavy atom. The number of hydrogen-bond acceptors (Lipinski definition) is 8. The minimum Gasteiger partial charge on any atom is -0.490 e. The first-order chi connectivity index (χ1) is 22.7. The first-order valence-corrected chi connectivity index (χ1v) is 15.9. The highest BCUT2D eigenvalue weighted by Gasteiger charge is 2.32. The fourth-order valence-electron chi connectivity index (χ4n) is 6.30. The molecular weight excluding hydrogens is 626 g/mol. The van der Waals surface area contributed by atoms with Gasteiger partial charge in [0.1, 0.15) is 41.1 Å². The molecule has 0 N–H and O–H groups in total. The molecule has 7 rings (SSSR count). The van der Waals surface area contributed by atoms with Gasteiger partial charge in [-0.1, -0.05) is 6.58 Å². The van der Waals surface area contributed by atoms with Gasteiger partial charge in [0.05, 0.1) is 36.1 Å². The minimum absolute atomic E-state index is 0.00546. The molecular formula is C34H30F2N6O4S. The van der Waals surface area contributed by atoms with E-state index in [-0.39, 0.29) is 42.4 Å². The lowest BCUT2D eigenvalue weighted by atomic mass is 9.96. The van der Waals surface area contributed by atoms with Gasteiger partial charge in [-0.05, 0) is 36.6 Å². The van der Waals surface area contributed by atoms with E-state index >= 15 is 4.39 Å². The number of halogens is 2. The highest BCUT2D eigenvalue weighted by Crippen LogP contribution is 2.47. The summed E-state index contributed by atoms with van der Waals surface area (Å²) in [6, 6.07) is 7.32. The number of nitrogens with zero attached hydrogens (tertiary/aromatic N) is 6. The Balaban J connectivity index is 1.49. The van der Waals surface area contributed by atoms with Crippen LogP contribution >= 0.6 is 11.3 Å². The molecule has 0 bridgehead atoms.